The van der Waals surface area contributed by atoms with Crippen molar-refractivity contribution in [1.82, 2.24) is 10.6 Å². The zero-order chi connectivity index (χ0) is 15.1. The van der Waals surface area contributed by atoms with Gasteiger partial charge in [0.25, 0.3) is 0 Å². The molecule has 4 nitrogen and oxygen atoms in total. The Morgan fingerprint density at radius 2 is 2.10 bits per heavy atom. The van der Waals surface area contributed by atoms with Crippen molar-refractivity contribution in [3.8, 4) is 0 Å². The summed E-state index contributed by atoms with van der Waals surface area (Å²) < 4.78 is 1.05. The van der Waals surface area contributed by atoms with E-state index in [4.69, 9.17) is 0 Å². The summed E-state index contributed by atoms with van der Waals surface area (Å²) in [6.45, 7) is 8.09. The van der Waals surface area contributed by atoms with Gasteiger partial charge in [0.05, 0.1) is 6.54 Å². The van der Waals surface area contributed by atoms with Crippen LogP contribution in [0.3, 0.4) is 0 Å². The van der Waals surface area contributed by atoms with Gasteiger partial charge in [-0.15, -0.1) is 0 Å². The highest BCUT2D eigenvalue weighted by atomic mass is 79.9. The van der Waals surface area contributed by atoms with Crippen LogP contribution in [0, 0.1) is 0 Å². The minimum atomic E-state index is 0.0415. The van der Waals surface area contributed by atoms with Crippen LogP contribution in [0.25, 0.3) is 0 Å². The summed E-state index contributed by atoms with van der Waals surface area (Å²) in [5.74, 6) is 0.0415. The van der Waals surface area contributed by atoms with Gasteiger partial charge in [0, 0.05) is 29.8 Å². The van der Waals surface area contributed by atoms with E-state index in [9.17, 15) is 4.79 Å². The zero-order valence-electron chi connectivity index (χ0n) is 12.7. The Balaban J connectivity index is 2.80. The molecule has 0 atom stereocenters. The lowest BCUT2D eigenvalue weighted by Crippen LogP contribution is -2.39. The maximum absolute atomic E-state index is 11.9. The molecule has 0 fully saturated rings. The summed E-state index contributed by atoms with van der Waals surface area (Å²) in [4.78, 5) is 13.8. The Kier molecular flexibility index (Phi) is 7.02. The molecule has 5 heteroatoms. The highest BCUT2D eigenvalue weighted by Gasteiger charge is 2.12. The van der Waals surface area contributed by atoms with E-state index in [2.05, 4.69) is 39.6 Å². The number of anilines is 1. The Morgan fingerprint density at radius 1 is 1.40 bits per heavy atom. The predicted molar refractivity (Wildman–Crippen MR) is 88.1 cm³/mol. The van der Waals surface area contributed by atoms with Crippen LogP contribution in [0.1, 0.15) is 26.3 Å². The third-order valence-corrected chi connectivity index (χ3v) is 3.34. The number of halogens is 1. The first-order valence-corrected chi connectivity index (χ1v) is 7.73. The second-order valence-electron chi connectivity index (χ2n) is 5.13. The fourth-order valence-electron chi connectivity index (χ4n) is 2.00. The minimum absolute atomic E-state index is 0.0415. The van der Waals surface area contributed by atoms with Crippen LogP contribution in [0.4, 0.5) is 5.69 Å². The lowest BCUT2D eigenvalue weighted by Gasteiger charge is -2.23. The van der Waals surface area contributed by atoms with Crippen molar-refractivity contribution in [3.63, 3.8) is 0 Å². The van der Waals surface area contributed by atoms with E-state index in [1.165, 1.54) is 5.56 Å². The first kappa shape index (κ1) is 17.0. The summed E-state index contributed by atoms with van der Waals surface area (Å²) in [5.41, 5.74) is 2.26. The third kappa shape index (κ3) is 5.51. The minimum Gasteiger partial charge on any atom is -0.365 e. The predicted octanol–water partition coefficient (Wildman–Crippen LogP) is 2.52. The average molecular weight is 342 g/mol. The summed E-state index contributed by atoms with van der Waals surface area (Å²) in [6.07, 6.45) is 0. The standard InChI is InChI=1S/C15H24BrN3O/c1-5-17-9-12-8-13(16)6-7-14(12)19(4)10-15(20)18-11(2)3/h6-8,11,17H,5,9-10H2,1-4H3,(H,18,20). The largest absolute Gasteiger partial charge is 0.365 e. The fraction of sp³-hybridized carbons (Fsp3) is 0.533. The quantitative estimate of drug-likeness (QED) is 0.800. The van der Waals surface area contributed by atoms with Crippen LogP contribution in [0.5, 0.6) is 0 Å². The van der Waals surface area contributed by atoms with Gasteiger partial charge in [-0.05, 0) is 44.2 Å². The molecular weight excluding hydrogens is 318 g/mol. The molecule has 0 heterocycles. The molecule has 1 amide bonds. The van der Waals surface area contributed by atoms with E-state index in [1.54, 1.807) is 0 Å². The van der Waals surface area contributed by atoms with E-state index in [1.807, 2.05) is 37.9 Å². The zero-order valence-corrected chi connectivity index (χ0v) is 14.3. The highest BCUT2D eigenvalue weighted by molar-refractivity contribution is 9.10. The van der Waals surface area contributed by atoms with Crippen molar-refractivity contribution in [3.05, 3.63) is 28.2 Å². The molecular formula is C15H24BrN3O. The van der Waals surface area contributed by atoms with Crippen molar-refractivity contribution < 1.29 is 4.79 Å². The van der Waals surface area contributed by atoms with Gasteiger partial charge in [0.2, 0.25) is 5.91 Å². The molecule has 0 radical (unpaired) electrons. The van der Waals surface area contributed by atoms with Crippen molar-refractivity contribution >= 4 is 27.5 Å². The van der Waals surface area contributed by atoms with Gasteiger partial charge in [0.15, 0.2) is 0 Å². The normalized spacial score (nSPS) is 10.7. The number of carbonyl (C=O) groups excluding carboxylic acids is 1. The Labute approximate surface area is 130 Å². The summed E-state index contributed by atoms with van der Waals surface area (Å²) >= 11 is 3.50. The van der Waals surface area contributed by atoms with Gasteiger partial charge in [0.1, 0.15) is 0 Å². The van der Waals surface area contributed by atoms with Crippen LogP contribution in [-0.2, 0) is 11.3 Å². The van der Waals surface area contributed by atoms with E-state index in [-0.39, 0.29) is 11.9 Å². The summed E-state index contributed by atoms with van der Waals surface area (Å²) in [6, 6.07) is 6.30. The Bertz CT molecular complexity index is 449. The molecule has 0 saturated heterocycles. The van der Waals surface area contributed by atoms with Gasteiger partial charge in [-0.1, -0.05) is 22.9 Å². The molecule has 0 aliphatic carbocycles. The maximum Gasteiger partial charge on any atom is 0.239 e. The molecule has 0 bridgehead atoms. The van der Waals surface area contributed by atoms with Gasteiger partial charge >= 0.3 is 0 Å². The topological polar surface area (TPSA) is 44.4 Å². The number of hydrogen-bond donors (Lipinski definition) is 2. The van der Waals surface area contributed by atoms with Crippen LogP contribution >= 0.6 is 15.9 Å². The SMILES string of the molecule is CCNCc1cc(Br)ccc1N(C)CC(=O)NC(C)C. The number of hydrogen-bond acceptors (Lipinski definition) is 3. The van der Waals surface area contributed by atoms with Crippen LogP contribution in [-0.4, -0.2) is 32.1 Å². The lowest BCUT2D eigenvalue weighted by molar-refractivity contribution is -0.120. The average Bonchev–Trinajstić information content (AvgIpc) is 2.35. The van der Waals surface area contributed by atoms with Gasteiger partial charge in [-0.3, -0.25) is 4.79 Å². The van der Waals surface area contributed by atoms with Crippen molar-refractivity contribution in [2.45, 2.75) is 33.4 Å². The van der Waals surface area contributed by atoms with Gasteiger partial charge in [-0.25, -0.2) is 0 Å². The van der Waals surface area contributed by atoms with Gasteiger partial charge < -0.3 is 15.5 Å². The number of carbonyl (C=O) groups is 1. The first-order valence-electron chi connectivity index (χ1n) is 6.93. The number of nitrogens with one attached hydrogen (secondary N) is 2. The molecule has 0 aliphatic heterocycles. The Morgan fingerprint density at radius 3 is 2.70 bits per heavy atom. The highest BCUT2D eigenvalue weighted by Crippen LogP contribution is 2.23. The summed E-state index contributed by atoms with van der Waals surface area (Å²) in [5, 5.41) is 6.24. The Hall–Kier alpha value is -1.07. The molecule has 0 aromatic heterocycles. The molecule has 0 aliphatic rings. The lowest BCUT2D eigenvalue weighted by atomic mass is 10.1. The molecule has 0 spiro atoms. The molecule has 2 N–H and O–H groups in total. The van der Waals surface area contributed by atoms with Crippen molar-refractivity contribution in [2.75, 3.05) is 25.0 Å². The molecule has 112 valence electrons. The second kappa shape index (κ2) is 8.27. The van der Waals surface area contributed by atoms with Crippen molar-refractivity contribution in [2.24, 2.45) is 0 Å². The molecule has 1 rings (SSSR count). The molecule has 20 heavy (non-hydrogen) atoms. The van der Waals surface area contributed by atoms with Gasteiger partial charge in [-0.2, -0.15) is 0 Å². The molecule has 1 aromatic rings. The van der Waals surface area contributed by atoms with E-state index >= 15 is 0 Å². The number of rotatable bonds is 7. The maximum atomic E-state index is 11.9. The molecule has 1 aromatic carbocycles. The smallest absolute Gasteiger partial charge is 0.239 e. The van der Waals surface area contributed by atoms with Crippen LogP contribution in [0.2, 0.25) is 0 Å². The van der Waals surface area contributed by atoms with E-state index < -0.39 is 0 Å². The number of likely N-dealkylation sites (N-methyl/N-ethyl adjacent to an activating group) is 1. The van der Waals surface area contributed by atoms with E-state index in [0.717, 1.165) is 23.2 Å². The third-order valence-electron chi connectivity index (χ3n) is 2.85. The molecule has 0 unspecified atom stereocenters. The fourth-order valence-corrected chi connectivity index (χ4v) is 2.40. The van der Waals surface area contributed by atoms with E-state index in [0.29, 0.717) is 6.54 Å². The van der Waals surface area contributed by atoms with Crippen molar-refractivity contribution in [1.29, 1.82) is 0 Å². The monoisotopic (exact) mass is 341 g/mol. The van der Waals surface area contributed by atoms with Crippen LogP contribution < -0.4 is 15.5 Å². The first-order chi connectivity index (χ1) is 9.43. The molecule has 0 saturated carbocycles. The summed E-state index contributed by atoms with van der Waals surface area (Å²) in [7, 11) is 1.94. The number of nitrogens with zero attached hydrogens (tertiary/aromatic N) is 1. The number of amides is 1. The number of benzene rings is 1. The van der Waals surface area contributed by atoms with Crippen LogP contribution in [0.15, 0.2) is 22.7 Å². The second-order valence-corrected chi connectivity index (χ2v) is 6.05.